The first-order chi connectivity index (χ1) is 16.8. The fraction of sp³-hybridized carbons (Fsp3) is 0.222. The highest BCUT2D eigenvalue weighted by Gasteiger charge is 2.20. The van der Waals surface area contributed by atoms with Crippen molar-refractivity contribution in [3.8, 4) is 33.9 Å². The normalized spacial score (nSPS) is 11.7. The lowest BCUT2D eigenvalue weighted by Gasteiger charge is -2.18. The SMILES string of the molecule is COc1ccc(C(C)NC(=O)c2cc(-c3cc(C)cc(F)c3)cnc2-c2cnn(C)c2)cc1OC. The Morgan fingerprint density at radius 3 is 2.43 bits per heavy atom. The average Bonchev–Trinajstić information content (AvgIpc) is 3.28. The first-order valence-electron chi connectivity index (χ1n) is 11.1. The summed E-state index contributed by atoms with van der Waals surface area (Å²) in [5.41, 5.74) is 4.49. The van der Waals surface area contributed by atoms with Crippen molar-refractivity contribution < 1.29 is 18.7 Å². The lowest BCUT2D eigenvalue weighted by molar-refractivity contribution is 0.0940. The van der Waals surface area contributed by atoms with Crippen molar-refractivity contribution in [1.29, 1.82) is 0 Å². The smallest absolute Gasteiger partial charge is 0.253 e. The van der Waals surface area contributed by atoms with Crippen LogP contribution in [0.1, 0.15) is 34.5 Å². The number of aryl methyl sites for hydroxylation is 2. The maximum Gasteiger partial charge on any atom is 0.253 e. The first kappa shape index (κ1) is 23.9. The van der Waals surface area contributed by atoms with Gasteiger partial charge in [-0.2, -0.15) is 5.10 Å². The standard InChI is InChI=1S/C27H27FN4O3/c1-16-8-19(10-22(28)9-16)20-11-23(26(29-13-20)21-14-30-32(3)15-21)27(33)31-17(2)18-6-7-24(34-4)25(12-18)35-5/h6-15,17H,1-5H3,(H,31,33). The minimum atomic E-state index is -0.343. The first-order valence-corrected chi connectivity index (χ1v) is 11.1. The molecule has 4 rings (SSSR count). The molecule has 7 nitrogen and oxygen atoms in total. The molecule has 0 spiro atoms. The van der Waals surface area contributed by atoms with Crippen LogP contribution in [0.4, 0.5) is 4.39 Å². The van der Waals surface area contributed by atoms with Crippen LogP contribution in [0.2, 0.25) is 0 Å². The van der Waals surface area contributed by atoms with Crippen molar-refractivity contribution in [3.63, 3.8) is 0 Å². The summed E-state index contributed by atoms with van der Waals surface area (Å²) in [5.74, 6) is 0.529. The van der Waals surface area contributed by atoms with E-state index in [4.69, 9.17) is 9.47 Å². The molecule has 0 aliphatic rings. The Hall–Kier alpha value is -4.20. The second kappa shape index (κ2) is 9.97. The summed E-state index contributed by atoms with van der Waals surface area (Å²) < 4.78 is 26.4. The van der Waals surface area contributed by atoms with Gasteiger partial charge < -0.3 is 14.8 Å². The van der Waals surface area contributed by atoms with Crippen LogP contribution in [0, 0.1) is 12.7 Å². The number of hydrogen-bond donors (Lipinski definition) is 1. The Balaban J connectivity index is 1.72. The van der Waals surface area contributed by atoms with Gasteiger partial charge in [0.2, 0.25) is 0 Å². The van der Waals surface area contributed by atoms with Crippen LogP contribution in [-0.2, 0) is 7.05 Å². The summed E-state index contributed by atoms with van der Waals surface area (Å²) in [6.45, 7) is 3.71. The molecule has 180 valence electrons. The third kappa shape index (κ3) is 5.16. The number of nitrogens with zero attached hydrogens (tertiary/aromatic N) is 3. The molecule has 0 saturated carbocycles. The van der Waals surface area contributed by atoms with E-state index in [-0.39, 0.29) is 17.8 Å². The third-order valence-electron chi connectivity index (χ3n) is 5.74. The van der Waals surface area contributed by atoms with E-state index < -0.39 is 0 Å². The summed E-state index contributed by atoms with van der Waals surface area (Å²) >= 11 is 0. The van der Waals surface area contributed by atoms with Gasteiger partial charge >= 0.3 is 0 Å². The predicted molar refractivity (Wildman–Crippen MR) is 132 cm³/mol. The third-order valence-corrected chi connectivity index (χ3v) is 5.74. The highest BCUT2D eigenvalue weighted by Crippen LogP contribution is 2.31. The maximum absolute atomic E-state index is 14.1. The van der Waals surface area contributed by atoms with Crippen LogP contribution < -0.4 is 14.8 Å². The zero-order valence-electron chi connectivity index (χ0n) is 20.3. The summed E-state index contributed by atoms with van der Waals surface area (Å²) in [5, 5.41) is 7.25. The highest BCUT2D eigenvalue weighted by atomic mass is 19.1. The Kier molecular flexibility index (Phi) is 6.82. The van der Waals surface area contributed by atoms with Gasteiger partial charge in [-0.05, 0) is 60.9 Å². The monoisotopic (exact) mass is 474 g/mol. The van der Waals surface area contributed by atoms with Crippen LogP contribution >= 0.6 is 0 Å². The van der Waals surface area contributed by atoms with Gasteiger partial charge in [0.05, 0.1) is 37.7 Å². The van der Waals surface area contributed by atoms with Crippen LogP contribution in [0.25, 0.3) is 22.4 Å². The number of ether oxygens (including phenoxy) is 2. The van der Waals surface area contributed by atoms with Crippen molar-refractivity contribution in [2.75, 3.05) is 14.2 Å². The second-order valence-electron chi connectivity index (χ2n) is 8.35. The molecule has 1 atom stereocenters. The summed E-state index contributed by atoms with van der Waals surface area (Å²) in [7, 11) is 4.94. The van der Waals surface area contributed by atoms with Gasteiger partial charge in [0, 0.05) is 30.6 Å². The quantitative estimate of drug-likeness (QED) is 0.403. The molecule has 0 radical (unpaired) electrons. The largest absolute Gasteiger partial charge is 0.493 e. The molecule has 35 heavy (non-hydrogen) atoms. The number of halogens is 1. The molecule has 2 aromatic carbocycles. The molecule has 8 heteroatoms. The van der Waals surface area contributed by atoms with Gasteiger partial charge in [-0.3, -0.25) is 14.5 Å². The van der Waals surface area contributed by atoms with Gasteiger partial charge in [0.15, 0.2) is 11.5 Å². The minimum Gasteiger partial charge on any atom is -0.493 e. The molecule has 2 aromatic heterocycles. The van der Waals surface area contributed by atoms with E-state index in [1.54, 1.807) is 56.7 Å². The lowest BCUT2D eigenvalue weighted by atomic mass is 9.99. The lowest BCUT2D eigenvalue weighted by Crippen LogP contribution is -2.27. The molecule has 0 saturated heterocycles. The van der Waals surface area contributed by atoms with Gasteiger partial charge in [-0.25, -0.2) is 4.39 Å². The molecule has 1 amide bonds. The van der Waals surface area contributed by atoms with E-state index in [2.05, 4.69) is 15.4 Å². The summed E-state index contributed by atoms with van der Waals surface area (Å²) in [6.07, 6.45) is 5.09. The number of amides is 1. The van der Waals surface area contributed by atoms with E-state index in [1.807, 2.05) is 32.0 Å². The van der Waals surface area contributed by atoms with Crippen LogP contribution in [0.3, 0.4) is 0 Å². The number of hydrogen-bond acceptors (Lipinski definition) is 5. The average molecular weight is 475 g/mol. The minimum absolute atomic E-state index is 0.311. The molecule has 4 aromatic rings. The van der Waals surface area contributed by atoms with E-state index >= 15 is 0 Å². The van der Waals surface area contributed by atoms with Crippen LogP contribution in [0.15, 0.2) is 61.1 Å². The molecular formula is C27H27FN4O3. The van der Waals surface area contributed by atoms with Gasteiger partial charge in [-0.1, -0.05) is 12.1 Å². The number of benzene rings is 2. The fourth-order valence-electron chi connectivity index (χ4n) is 3.95. The van der Waals surface area contributed by atoms with Crippen molar-refractivity contribution in [2.45, 2.75) is 19.9 Å². The zero-order chi connectivity index (χ0) is 25.1. The van der Waals surface area contributed by atoms with Crippen molar-refractivity contribution in [2.24, 2.45) is 7.05 Å². The molecule has 0 aliphatic heterocycles. The zero-order valence-corrected chi connectivity index (χ0v) is 20.3. The Labute approximate surface area is 203 Å². The number of aromatic nitrogens is 3. The van der Waals surface area contributed by atoms with Gasteiger partial charge in [-0.15, -0.1) is 0 Å². The maximum atomic E-state index is 14.1. The molecule has 1 N–H and O–H groups in total. The topological polar surface area (TPSA) is 78.3 Å². The van der Waals surface area contributed by atoms with Crippen LogP contribution in [0.5, 0.6) is 11.5 Å². The Morgan fingerprint density at radius 2 is 1.77 bits per heavy atom. The van der Waals surface area contributed by atoms with Gasteiger partial charge in [0.25, 0.3) is 5.91 Å². The van der Waals surface area contributed by atoms with Crippen molar-refractivity contribution in [1.82, 2.24) is 20.1 Å². The van der Waals surface area contributed by atoms with E-state index in [1.165, 1.54) is 12.1 Å². The molecular weight excluding hydrogens is 447 g/mol. The summed E-state index contributed by atoms with van der Waals surface area (Å²) in [4.78, 5) is 18.1. The molecule has 0 fully saturated rings. The number of pyridine rings is 1. The highest BCUT2D eigenvalue weighted by molar-refractivity contribution is 6.01. The number of carbonyl (C=O) groups excluding carboxylic acids is 1. The van der Waals surface area contributed by atoms with Crippen molar-refractivity contribution in [3.05, 3.63) is 83.6 Å². The van der Waals surface area contributed by atoms with E-state index in [0.717, 1.165) is 11.1 Å². The predicted octanol–water partition coefficient (Wildman–Crippen LogP) is 5.10. The number of carbonyl (C=O) groups is 1. The molecule has 0 bridgehead atoms. The number of rotatable bonds is 7. The molecule has 2 heterocycles. The molecule has 0 aliphatic carbocycles. The van der Waals surface area contributed by atoms with E-state index in [0.29, 0.717) is 39.4 Å². The second-order valence-corrected chi connectivity index (χ2v) is 8.35. The summed E-state index contributed by atoms with van der Waals surface area (Å²) in [6, 6.07) is 11.7. The van der Waals surface area contributed by atoms with Crippen molar-refractivity contribution >= 4 is 5.91 Å². The van der Waals surface area contributed by atoms with Crippen LogP contribution in [-0.4, -0.2) is 34.9 Å². The Bertz CT molecular complexity index is 1360. The van der Waals surface area contributed by atoms with Gasteiger partial charge in [0.1, 0.15) is 5.82 Å². The number of methoxy groups -OCH3 is 2. The number of nitrogens with one attached hydrogen (secondary N) is 1. The Morgan fingerprint density at radius 1 is 1.00 bits per heavy atom. The fourth-order valence-corrected chi connectivity index (χ4v) is 3.95. The van der Waals surface area contributed by atoms with E-state index in [9.17, 15) is 9.18 Å². The molecule has 1 unspecified atom stereocenters.